The third-order valence-corrected chi connectivity index (χ3v) is 3.33. The van der Waals surface area contributed by atoms with Crippen LogP contribution in [0.4, 0.5) is 0 Å². The molecule has 1 fully saturated rings. The van der Waals surface area contributed by atoms with E-state index in [2.05, 4.69) is 0 Å². The summed E-state index contributed by atoms with van der Waals surface area (Å²) in [7, 11) is 0. The molecule has 0 bridgehead atoms. The van der Waals surface area contributed by atoms with Gasteiger partial charge >= 0.3 is 0 Å². The van der Waals surface area contributed by atoms with Gasteiger partial charge in [-0.15, -0.1) is 0 Å². The Hall–Kier alpha value is -1.26. The highest BCUT2D eigenvalue weighted by Crippen LogP contribution is 2.40. The lowest BCUT2D eigenvalue weighted by atomic mass is 9.94. The lowest BCUT2D eigenvalue weighted by molar-refractivity contribution is 0.0850. The maximum atomic E-state index is 10.4. The Morgan fingerprint density at radius 1 is 1.18 bits per heavy atom. The molecule has 92 valence electrons. The van der Waals surface area contributed by atoms with Gasteiger partial charge in [-0.1, -0.05) is 12.1 Å². The van der Waals surface area contributed by atoms with Gasteiger partial charge in [0.15, 0.2) is 11.5 Å². The topological polar surface area (TPSA) is 47.9 Å². The molecule has 1 N–H and O–H groups in total. The van der Waals surface area contributed by atoms with Crippen molar-refractivity contribution >= 4 is 0 Å². The van der Waals surface area contributed by atoms with Gasteiger partial charge < -0.3 is 19.3 Å². The van der Waals surface area contributed by atoms with Gasteiger partial charge in [-0.05, 0) is 12.5 Å². The Morgan fingerprint density at radius 2 is 2.06 bits per heavy atom. The summed E-state index contributed by atoms with van der Waals surface area (Å²) in [5.74, 6) is 1.58. The molecule has 0 saturated carbocycles. The Bertz CT molecular complexity index is 398. The Kier molecular flexibility index (Phi) is 2.91. The van der Waals surface area contributed by atoms with Gasteiger partial charge in [0.1, 0.15) is 13.2 Å². The van der Waals surface area contributed by atoms with E-state index in [1.807, 2.05) is 18.2 Å². The summed E-state index contributed by atoms with van der Waals surface area (Å²) < 4.78 is 16.4. The van der Waals surface area contributed by atoms with Crippen molar-refractivity contribution in [1.29, 1.82) is 0 Å². The van der Waals surface area contributed by atoms with Crippen molar-refractivity contribution in [3.8, 4) is 11.5 Å². The number of rotatable bonds is 2. The minimum Gasteiger partial charge on any atom is -0.486 e. The van der Waals surface area contributed by atoms with E-state index >= 15 is 0 Å². The molecule has 0 spiro atoms. The zero-order chi connectivity index (χ0) is 11.7. The van der Waals surface area contributed by atoms with E-state index in [1.54, 1.807) is 0 Å². The van der Waals surface area contributed by atoms with Crippen molar-refractivity contribution < 1.29 is 19.3 Å². The fourth-order valence-electron chi connectivity index (χ4n) is 2.38. The van der Waals surface area contributed by atoms with Crippen molar-refractivity contribution in [1.82, 2.24) is 0 Å². The van der Waals surface area contributed by atoms with Crippen molar-refractivity contribution in [3.05, 3.63) is 23.8 Å². The van der Waals surface area contributed by atoms with Crippen molar-refractivity contribution in [2.24, 2.45) is 5.92 Å². The van der Waals surface area contributed by atoms with Crippen LogP contribution in [0, 0.1) is 5.92 Å². The lowest BCUT2D eigenvalue weighted by Crippen LogP contribution is -2.19. The first-order valence-corrected chi connectivity index (χ1v) is 6.00. The first-order valence-electron chi connectivity index (χ1n) is 6.00. The van der Waals surface area contributed by atoms with E-state index in [1.165, 1.54) is 0 Å². The van der Waals surface area contributed by atoms with E-state index in [0.717, 1.165) is 24.3 Å². The third kappa shape index (κ3) is 1.98. The molecule has 4 nitrogen and oxygen atoms in total. The highest BCUT2D eigenvalue weighted by Gasteiger charge is 2.29. The molecule has 1 saturated heterocycles. The summed E-state index contributed by atoms with van der Waals surface area (Å²) in [5, 5.41) is 10.4. The van der Waals surface area contributed by atoms with Gasteiger partial charge in [0, 0.05) is 18.1 Å². The van der Waals surface area contributed by atoms with E-state index in [0.29, 0.717) is 25.6 Å². The van der Waals surface area contributed by atoms with Crippen LogP contribution in [0.2, 0.25) is 0 Å². The van der Waals surface area contributed by atoms with Crippen LogP contribution < -0.4 is 9.47 Å². The summed E-state index contributed by atoms with van der Waals surface area (Å²) in [4.78, 5) is 0. The number of hydrogen-bond donors (Lipinski definition) is 1. The Balaban J connectivity index is 1.91. The van der Waals surface area contributed by atoms with Crippen LogP contribution in [-0.2, 0) is 4.74 Å². The second-order valence-corrected chi connectivity index (χ2v) is 4.44. The van der Waals surface area contributed by atoms with Crippen LogP contribution in [0.1, 0.15) is 18.1 Å². The van der Waals surface area contributed by atoms with Gasteiger partial charge in [-0.2, -0.15) is 0 Å². The predicted octanol–water partition coefficient (Wildman–Crippen LogP) is 1.53. The summed E-state index contributed by atoms with van der Waals surface area (Å²) >= 11 is 0. The van der Waals surface area contributed by atoms with Crippen molar-refractivity contribution in [2.45, 2.75) is 12.5 Å². The second-order valence-electron chi connectivity index (χ2n) is 4.44. The molecule has 2 atom stereocenters. The smallest absolute Gasteiger partial charge is 0.167 e. The zero-order valence-corrected chi connectivity index (χ0v) is 9.59. The predicted molar refractivity (Wildman–Crippen MR) is 61.3 cm³/mol. The second kappa shape index (κ2) is 4.55. The van der Waals surface area contributed by atoms with Crippen LogP contribution >= 0.6 is 0 Å². The van der Waals surface area contributed by atoms with Gasteiger partial charge in [0.25, 0.3) is 0 Å². The molecular weight excluding hydrogens is 220 g/mol. The molecule has 0 amide bonds. The van der Waals surface area contributed by atoms with Crippen LogP contribution in [0.15, 0.2) is 18.2 Å². The highest BCUT2D eigenvalue weighted by atomic mass is 16.6. The number of aliphatic hydroxyl groups is 1. The maximum Gasteiger partial charge on any atom is 0.167 e. The fourth-order valence-corrected chi connectivity index (χ4v) is 2.38. The highest BCUT2D eigenvalue weighted by molar-refractivity contribution is 5.48. The number of fused-ring (bicyclic) bond motifs is 1. The lowest BCUT2D eigenvalue weighted by Gasteiger charge is -2.25. The molecule has 2 aliphatic rings. The number of ether oxygens (including phenoxy) is 3. The van der Waals surface area contributed by atoms with Crippen LogP contribution in [0.25, 0.3) is 0 Å². The third-order valence-electron chi connectivity index (χ3n) is 3.33. The molecule has 1 aromatic carbocycles. The van der Waals surface area contributed by atoms with Crippen LogP contribution in [0.3, 0.4) is 0 Å². The van der Waals surface area contributed by atoms with Crippen molar-refractivity contribution in [2.75, 3.05) is 26.4 Å². The molecule has 2 heterocycles. The van der Waals surface area contributed by atoms with Crippen molar-refractivity contribution in [3.63, 3.8) is 0 Å². The molecule has 0 aromatic heterocycles. The SMILES string of the molecule is OC(c1cccc2c1OCCO2)C1CCOC1. The zero-order valence-electron chi connectivity index (χ0n) is 9.59. The Morgan fingerprint density at radius 3 is 2.88 bits per heavy atom. The maximum absolute atomic E-state index is 10.4. The van der Waals surface area contributed by atoms with Gasteiger partial charge in [-0.25, -0.2) is 0 Å². The molecule has 2 unspecified atom stereocenters. The van der Waals surface area contributed by atoms with E-state index in [-0.39, 0.29) is 5.92 Å². The van der Waals surface area contributed by atoms with E-state index in [4.69, 9.17) is 14.2 Å². The fraction of sp³-hybridized carbons (Fsp3) is 0.538. The monoisotopic (exact) mass is 236 g/mol. The molecule has 3 rings (SSSR count). The van der Waals surface area contributed by atoms with Crippen LogP contribution in [0.5, 0.6) is 11.5 Å². The molecule has 1 aromatic rings. The van der Waals surface area contributed by atoms with E-state index in [9.17, 15) is 5.11 Å². The van der Waals surface area contributed by atoms with Gasteiger partial charge in [0.2, 0.25) is 0 Å². The largest absolute Gasteiger partial charge is 0.486 e. The summed E-state index contributed by atoms with van der Waals surface area (Å²) in [5.41, 5.74) is 0.817. The average molecular weight is 236 g/mol. The number of hydrogen-bond acceptors (Lipinski definition) is 4. The number of aliphatic hydroxyl groups excluding tert-OH is 1. The first-order chi connectivity index (χ1) is 8.36. The average Bonchev–Trinajstić information content (AvgIpc) is 2.91. The molecule has 0 aliphatic carbocycles. The molecule has 17 heavy (non-hydrogen) atoms. The standard InChI is InChI=1S/C13H16O4/c14-12(9-4-5-15-8-9)10-2-1-3-11-13(10)17-7-6-16-11/h1-3,9,12,14H,4-8H2. The molecule has 4 heteroatoms. The number of benzene rings is 1. The molecule has 0 radical (unpaired) electrons. The minimum atomic E-state index is -0.533. The van der Waals surface area contributed by atoms with Crippen LogP contribution in [-0.4, -0.2) is 31.5 Å². The van der Waals surface area contributed by atoms with Gasteiger partial charge in [-0.3, -0.25) is 0 Å². The van der Waals surface area contributed by atoms with E-state index < -0.39 is 6.10 Å². The number of para-hydroxylation sites is 1. The summed E-state index contributed by atoms with van der Waals surface area (Å²) in [6, 6.07) is 5.66. The minimum absolute atomic E-state index is 0.159. The summed E-state index contributed by atoms with van der Waals surface area (Å²) in [6.07, 6.45) is 0.361. The summed E-state index contributed by atoms with van der Waals surface area (Å²) in [6.45, 7) is 2.46. The van der Waals surface area contributed by atoms with Gasteiger partial charge in [0.05, 0.1) is 12.7 Å². The molecular formula is C13H16O4. The normalized spacial score (nSPS) is 24.6. The first kappa shape index (κ1) is 10.9. The quantitative estimate of drug-likeness (QED) is 0.846. The Labute approximate surface area is 100 Å². The molecule has 2 aliphatic heterocycles.